The first kappa shape index (κ1) is 12.0. The number of aromatic amines is 2. The molecule has 94 valence electrons. The molecule has 0 radical (unpaired) electrons. The van der Waals surface area contributed by atoms with Crippen molar-refractivity contribution in [1.82, 2.24) is 10.2 Å². The Morgan fingerprint density at radius 1 is 1.33 bits per heavy atom. The zero-order chi connectivity index (χ0) is 13.1. The number of aromatic nitrogens is 2. The molecule has 0 unspecified atom stereocenters. The number of aliphatic carboxylic acids is 1. The second-order valence-corrected chi connectivity index (χ2v) is 3.70. The summed E-state index contributed by atoms with van der Waals surface area (Å²) in [5, 5.41) is 13.9. The number of hydrogen-bond donors (Lipinski definition) is 3. The summed E-state index contributed by atoms with van der Waals surface area (Å²) in [5.74, 6) is -0.490. The van der Waals surface area contributed by atoms with Gasteiger partial charge in [0, 0.05) is 5.56 Å². The van der Waals surface area contributed by atoms with E-state index in [-0.39, 0.29) is 12.0 Å². The molecule has 0 aliphatic carbocycles. The lowest BCUT2D eigenvalue weighted by atomic mass is 10.0. The zero-order valence-corrected chi connectivity index (χ0v) is 9.69. The molecule has 0 fully saturated rings. The van der Waals surface area contributed by atoms with Crippen molar-refractivity contribution < 1.29 is 14.6 Å². The van der Waals surface area contributed by atoms with Crippen molar-refractivity contribution in [3.63, 3.8) is 0 Å². The molecule has 0 aliphatic heterocycles. The van der Waals surface area contributed by atoms with Crippen LogP contribution in [0.15, 0.2) is 29.1 Å². The fourth-order valence-electron chi connectivity index (χ4n) is 1.78. The van der Waals surface area contributed by atoms with E-state index in [2.05, 4.69) is 10.2 Å². The molecule has 0 saturated carbocycles. The van der Waals surface area contributed by atoms with Crippen LogP contribution >= 0.6 is 0 Å². The van der Waals surface area contributed by atoms with E-state index in [1.54, 1.807) is 24.3 Å². The molecule has 6 heteroatoms. The maximum absolute atomic E-state index is 11.6. The molecular formula is C12H12N2O4. The van der Waals surface area contributed by atoms with E-state index >= 15 is 0 Å². The minimum atomic E-state index is -1.06. The van der Waals surface area contributed by atoms with E-state index < -0.39 is 11.5 Å². The van der Waals surface area contributed by atoms with Crippen molar-refractivity contribution in [3.05, 3.63) is 40.2 Å². The zero-order valence-electron chi connectivity index (χ0n) is 9.69. The molecule has 0 bridgehead atoms. The Morgan fingerprint density at radius 2 is 2.06 bits per heavy atom. The van der Waals surface area contributed by atoms with Gasteiger partial charge in [-0.1, -0.05) is 12.1 Å². The third-order valence-corrected chi connectivity index (χ3v) is 2.58. The van der Waals surface area contributed by atoms with Crippen LogP contribution in [0.4, 0.5) is 0 Å². The highest BCUT2D eigenvalue weighted by atomic mass is 16.5. The van der Waals surface area contributed by atoms with Crippen LogP contribution in [0.1, 0.15) is 5.56 Å². The van der Waals surface area contributed by atoms with Gasteiger partial charge in [-0.25, -0.2) is 0 Å². The summed E-state index contributed by atoms with van der Waals surface area (Å²) in [5.41, 5.74) is 0.847. The molecule has 0 atom stereocenters. The van der Waals surface area contributed by atoms with Crippen LogP contribution in [0, 0.1) is 0 Å². The Bertz CT molecular complexity index is 627. The Labute approximate surface area is 102 Å². The second kappa shape index (κ2) is 4.79. The van der Waals surface area contributed by atoms with E-state index in [1.807, 2.05) is 0 Å². The third kappa shape index (κ3) is 2.13. The van der Waals surface area contributed by atoms with Crippen LogP contribution in [-0.4, -0.2) is 28.4 Å². The fraction of sp³-hybridized carbons (Fsp3) is 0.167. The van der Waals surface area contributed by atoms with Gasteiger partial charge in [-0.3, -0.25) is 19.8 Å². The van der Waals surface area contributed by atoms with E-state index in [4.69, 9.17) is 9.84 Å². The average Bonchev–Trinajstić information content (AvgIpc) is 2.70. The van der Waals surface area contributed by atoms with Gasteiger partial charge in [-0.05, 0) is 12.1 Å². The molecular weight excluding hydrogens is 236 g/mol. The van der Waals surface area contributed by atoms with Crippen molar-refractivity contribution in [2.24, 2.45) is 0 Å². The van der Waals surface area contributed by atoms with Crippen molar-refractivity contribution in [1.29, 1.82) is 0 Å². The number of carboxylic acid groups (broad SMARTS) is 1. The van der Waals surface area contributed by atoms with Gasteiger partial charge in [0.1, 0.15) is 5.75 Å². The fourth-order valence-corrected chi connectivity index (χ4v) is 1.78. The predicted molar refractivity (Wildman–Crippen MR) is 64.7 cm³/mol. The summed E-state index contributed by atoms with van der Waals surface area (Å²) >= 11 is 0. The topological polar surface area (TPSA) is 95.2 Å². The standard InChI is InChI=1S/C12H12N2O4/c1-18-9-5-3-2-4-7(9)11-8(6-10(15)16)12(17)14-13-11/h2-5H,6H2,1H3,(H,15,16)(H2,13,14,17). The SMILES string of the molecule is COc1ccccc1-c1[nH][nH]c(=O)c1CC(=O)O. The Kier molecular flexibility index (Phi) is 3.18. The van der Waals surface area contributed by atoms with Crippen molar-refractivity contribution in [3.8, 4) is 17.0 Å². The summed E-state index contributed by atoms with van der Waals surface area (Å²) in [4.78, 5) is 22.3. The molecule has 1 aromatic heterocycles. The van der Waals surface area contributed by atoms with E-state index in [0.717, 1.165) is 0 Å². The number of ether oxygens (including phenoxy) is 1. The quantitative estimate of drug-likeness (QED) is 0.752. The number of carboxylic acids is 1. The van der Waals surface area contributed by atoms with Crippen LogP contribution in [-0.2, 0) is 11.2 Å². The van der Waals surface area contributed by atoms with Crippen LogP contribution < -0.4 is 10.3 Å². The van der Waals surface area contributed by atoms with Gasteiger partial charge >= 0.3 is 5.97 Å². The highest BCUT2D eigenvalue weighted by molar-refractivity contribution is 5.76. The van der Waals surface area contributed by atoms with Crippen LogP contribution in [0.2, 0.25) is 0 Å². The molecule has 18 heavy (non-hydrogen) atoms. The van der Waals surface area contributed by atoms with Crippen molar-refractivity contribution in [2.75, 3.05) is 7.11 Å². The molecule has 0 spiro atoms. The maximum Gasteiger partial charge on any atom is 0.308 e. The number of nitrogens with one attached hydrogen (secondary N) is 2. The first-order chi connectivity index (χ1) is 8.63. The van der Waals surface area contributed by atoms with E-state index in [9.17, 15) is 9.59 Å². The Morgan fingerprint density at radius 3 is 2.72 bits per heavy atom. The van der Waals surface area contributed by atoms with Gasteiger partial charge in [0.25, 0.3) is 5.56 Å². The molecule has 0 aliphatic rings. The van der Waals surface area contributed by atoms with Gasteiger partial charge in [0.05, 0.1) is 24.8 Å². The number of para-hydroxylation sites is 1. The maximum atomic E-state index is 11.6. The number of rotatable bonds is 4. The average molecular weight is 248 g/mol. The molecule has 1 aromatic carbocycles. The highest BCUT2D eigenvalue weighted by Crippen LogP contribution is 2.29. The molecule has 0 amide bonds. The molecule has 2 rings (SSSR count). The smallest absolute Gasteiger partial charge is 0.308 e. The summed E-state index contributed by atoms with van der Waals surface area (Å²) in [6, 6.07) is 7.08. The number of carbonyl (C=O) groups is 1. The number of H-pyrrole nitrogens is 2. The lowest BCUT2D eigenvalue weighted by Crippen LogP contribution is -2.11. The lowest BCUT2D eigenvalue weighted by Gasteiger charge is -2.07. The van der Waals surface area contributed by atoms with Gasteiger partial charge in [0.15, 0.2) is 0 Å². The predicted octanol–water partition coefficient (Wildman–Crippen LogP) is 1.01. The molecule has 2 aromatic rings. The third-order valence-electron chi connectivity index (χ3n) is 2.58. The number of benzene rings is 1. The molecule has 6 nitrogen and oxygen atoms in total. The summed E-state index contributed by atoms with van der Waals surface area (Å²) in [6.07, 6.45) is -0.341. The van der Waals surface area contributed by atoms with E-state index in [1.165, 1.54) is 7.11 Å². The summed E-state index contributed by atoms with van der Waals surface area (Å²) < 4.78 is 5.19. The van der Waals surface area contributed by atoms with Crippen LogP contribution in [0.25, 0.3) is 11.3 Å². The van der Waals surface area contributed by atoms with Crippen molar-refractivity contribution in [2.45, 2.75) is 6.42 Å². The molecule has 0 saturated heterocycles. The highest BCUT2D eigenvalue weighted by Gasteiger charge is 2.17. The first-order valence-electron chi connectivity index (χ1n) is 5.28. The van der Waals surface area contributed by atoms with Crippen LogP contribution in [0.3, 0.4) is 0 Å². The normalized spacial score (nSPS) is 10.3. The summed E-state index contributed by atoms with van der Waals surface area (Å²) in [6.45, 7) is 0. The Balaban J connectivity index is 2.57. The lowest BCUT2D eigenvalue weighted by molar-refractivity contribution is -0.136. The van der Waals surface area contributed by atoms with Crippen LogP contribution in [0.5, 0.6) is 5.75 Å². The second-order valence-electron chi connectivity index (χ2n) is 3.70. The summed E-state index contributed by atoms with van der Waals surface area (Å²) in [7, 11) is 1.51. The monoisotopic (exact) mass is 248 g/mol. The van der Waals surface area contributed by atoms with Crippen molar-refractivity contribution >= 4 is 5.97 Å². The number of methoxy groups -OCH3 is 1. The largest absolute Gasteiger partial charge is 0.496 e. The number of hydrogen-bond acceptors (Lipinski definition) is 3. The molecule has 3 N–H and O–H groups in total. The van der Waals surface area contributed by atoms with Gasteiger partial charge in [-0.2, -0.15) is 0 Å². The first-order valence-corrected chi connectivity index (χ1v) is 5.28. The van der Waals surface area contributed by atoms with Gasteiger partial charge in [0.2, 0.25) is 0 Å². The van der Waals surface area contributed by atoms with Gasteiger partial charge in [-0.15, -0.1) is 0 Å². The Hall–Kier alpha value is -2.50. The minimum Gasteiger partial charge on any atom is -0.496 e. The molecule has 1 heterocycles. The van der Waals surface area contributed by atoms with E-state index in [0.29, 0.717) is 17.0 Å². The minimum absolute atomic E-state index is 0.187. The van der Waals surface area contributed by atoms with Gasteiger partial charge < -0.3 is 9.84 Å².